The summed E-state index contributed by atoms with van der Waals surface area (Å²) in [6.45, 7) is 4.72. The molecular formula is C29H36N2O9S. The molecule has 0 unspecified atom stereocenters. The first-order valence-electron chi connectivity index (χ1n) is 13.4. The molecule has 0 fully saturated rings. The number of sulfone groups is 1. The van der Waals surface area contributed by atoms with Crippen LogP contribution in [0, 0.1) is 0 Å². The van der Waals surface area contributed by atoms with E-state index in [1.54, 1.807) is 31.2 Å². The molecular weight excluding hydrogens is 552 g/mol. The highest BCUT2D eigenvalue weighted by Crippen LogP contribution is 2.40. The third-order valence-electron chi connectivity index (χ3n) is 6.53. The van der Waals surface area contributed by atoms with E-state index >= 15 is 0 Å². The third kappa shape index (κ3) is 7.63. The fourth-order valence-electron chi connectivity index (χ4n) is 4.74. The molecule has 0 radical (unpaired) electrons. The van der Waals surface area contributed by atoms with Crippen molar-refractivity contribution >= 4 is 39.2 Å². The standard InChI is InChI=1S/C29H36N2O9S/c1-6-8-9-10-19-11-13-21(30-25(33)16-40-18(3)32)27-26(19)28(34)31(29(27)35)22(17-41(5,36)37)20-12-14-23(38-4)24(15-20)39-7-2/h11-15,22H,6-10,16-17H2,1-5H3,(H,30,33)/t22-/m1/s1. The van der Waals surface area contributed by atoms with E-state index in [0.717, 1.165) is 37.3 Å². The van der Waals surface area contributed by atoms with Crippen molar-refractivity contribution in [2.45, 2.75) is 52.5 Å². The van der Waals surface area contributed by atoms with Crippen molar-refractivity contribution in [1.82, 2.24) is 4.90 Å². The Balaban J connectivity index is 2.14. The highest BCUT2D eigenvalue weighted by Gasteiger charge is 2.44. The number of carbonyl (C=O) groups excluding carboxylic acids is 4. The van der Waals surface area contributed by atoms with E-state index in [0.29, 0.717) is 35.7 Å². The predicted molar refractivity (Wildman–Crippen MR) is 152 cm³/mol. The minimum Gasteiger partial charge on any atom is -0.493 e. The number of unbranched alkanes of at least 4 members (excludes halogenated alkanes) is 2. The summed E-state index contributed by atoms with van der Waals surface area (Å²) in [5.74, 6) is -2.53. The Morgan fingerprint density at radius 3 is 2.32 bits per heavy atom. The number of ether oxygens (including phenoxy) is 3. The van der Waals surface area contributed by atoms with Gasteiger partial charge in [-0.2, -0.15) is 0 Å². The average molecular weight is 589 g/mol. The smallest absolute Gasteiger partial charge is 0.303 e. The summed E-state index contributed by atoms with van der Waals surface area (Å²) in [6, 6.07) is 6.76. The van der Waals surface area contributed by atoms with Gasteiger partial charge < -0.3 is 19.5 Å². The van der Waals surface area contributed by atoms with Gasteiger partial charge >= 0.3 is 5.97 Å². The molecule has 1 aliphatic heterocycles. The van der Waals surface area contributed by atoms with Gasteiger partial charge in [0.2, 0.25) is 0 Å². The molecule has 1 aliphatic rings. The van der Waals surface area contributed by atoms with Gasteiger partial charge in [-0.15, -0.1) is 0 Å². The van der Waals surface area contributed by atoms with Crippen LogP contribution in [0.3, 0.4) is 0 Å². The Bertz CT molecular complexity index is 1440. The quantitative estimate of drug-likeness (QED) is 0.198. The highest BCUT2D eigenvalue weighted by molar-refractivity contribution is 7.90. The number of benzene rings is 2. The number of carbonyl (C=O) groups is 4. The summed E-state index contributed by atoms with van der Waals surface area (Å²) in [4.78, 5) is 52.6. The van der Waals surface area contributed by atoms with Crippen molar-refractivity contribution in [3.63, 3.8) is 0 Å². The van der Waals surface area contributed by atoms with Crippen molar-refractivity contribution in [3.05, 3.63) is 52.6 Å². The minimum absolute atomic E-state index is 0.0304. The zero-order valence-corrected chi connectivity index (χ0v) is 24.8. The second kappa shape index (κ2) is 13.6. The van der Waals surface area contributed by atoms with Gasteiger partial charge in [-0.05, 0) is 49.1 Å². The zero-order chi connectivity index (χ0) is 30.3. The Morgan fingerprint density at radius 2 is 1.71 bits per heavy atom. The topological polar surface area (TPSA) is 145 Å². The first-order valence-corrected chi connectivity index (χ1v) is 15.4. The number of hydrogen-bond donors (Lipinski definition) is 1. The highest BCUT2D eigenvalue weighted by atomic mass is 32.2. The van der Waals surface area contributed by atoms with Gasteiger partial charge in [0.1, 0.15) is 9.84 Å². The Labute approximate surface area is 240 Å². The van der Waals surface area contributed by atoms with Crippen molar-refractivity contribution in [3.8, 4) is 11.5 Å². The minimum atomic E-state index is -3.69. The van der Waals surface area contributed by atoms with Crippen LogP contribution in [-0.4, -0.2) is 69.3 Å². The number of aryl methyl sites for hydroxylation is 1. The van der Waals surface area contributed by atoms with E-state index in [1.165, 1.54) is 13.2 Å². The summed E-state index contributed by atoms with van der Waals surface area (Å²) in [6.07, 6.45) is 4.16. The molecule has 222 valence electrons. The van der Waals surface area contributed by atoms with E-state index in [-0.39, 0.29) is 16.8 Å². The fraction of sp³-hybridized carbons (Fsp3) is 0.448. The Kier molecular flexibility index (Phi) is 10.5. The predicted octanol–water partition coefficient (Wildman–Crippen LogP) is 3.71. The van der Waals surface area contributed by atoms with E-state index < -0.39 is 51.9 Å². The maximum Gasteiger partial charge on any atom is 0.303 e. The molecule has 3 rings (SSSR count). The van der Waals surface area contributed by atoms with Crippen molar-refractivity contribution < 1.29 is 41.8 Å². The van der Waals surface area contributed by atoms with Crippen LogP contribution < -0.4 is 14.8 Å². The molecule has 3 amide bonds. The third-order valence-corrected chi connectivity index (χ3v) is 7.45. The van der Waals surface area contributed by atoms with Crippen molar-refractivity contribution in [1.29, 1.82) is 0 Å². The van der Waals surface area contributed by atoms with Gasteiger partial charge in [0.05, 0.1) is 42.3 Å². The largest absolute Gasteiger partial charge is 0.493 e. The SMILES string of the molecule is CCCCCc1ccc(NC(=O)COC(C)=O)c2c1C(=O)N([C@H](CS(C)(=O)=O)c1ccc(OC)c(OCC)c1)C2=O. The number of amides is 3. The van der Waals surface area contributed by atoms with Gasteiger partial charge in [-0.3, -0.25) is 24.1 Å². The molecule has 2 aromatic carbocycles. The molecule has 1 heterocycles. The molecule has 12 heteroatoms. The zero-order valence-electron chi connectivity index (χ0n) is 23.9. The molecule has 0 spiro atoms. The number of fused-ring (bicyclic) bond motifs is 1. The van der Waals surface area contributed by atoms with Crippen LogP contribution >= 0.6 is 0 Å². The normalized spacial score (nSPS) is 13.5. The molecule has 0 saturated heterocycles. The van der Waals surface area contributed by atoms with Gasteiger partial charge in [0.15, 0.2) is 18.1 Å². The van der Waals surface area contributed by atoms with E-state index in [1.807, 2.05) is 6.92 Å². The fourth-order valence-corrected chi connectivity index (χ4v) is 5.65. The van der Waals surface area contributed by atoms with Crippen LogP contribution in [0.2, 0.25) is 0 Å². The lowest BCUT2D eigenvalue weighted by Gasteiger charge is -2.27. The summed E-state index contributed by atoms with van der Waals surface area (Å²) in [5, 5.41) is 2.56. The molecule has 0 aromatic heterocycles. The molecule has 0 saturated carbocycles. The maximum atomic E-state index is 14.0. The molecule has 1 atom stereocenters. The second-order valence-electron chi connectivity index (χ2n) is 9.74. The lowest BCUT2D eigenvalue weighted by Crippen LogP contribution is -2.38. The van der Waals surface area contributed by atoms with Crippen LogP contribution in [0.25, 0.3) is 0 Å². The number of anilines is 1. The number of nitrogens with zero attached hydrogens (tertiary/aromatic N) is 1. The van der Waals surface area contributed by atoms with Gasteiger partial charge in [-0.25, -0.2) is 8.42 Å². The van der Waals surface area contributed by atoms with Gasteiger partial charge in [0, 0.05) is 13.2 Å². The van der Waals surface area contributed by atoms with Crippen molar-refractivity contribution in [2.75, 3.05) is 37.6 Å². The molecule has 41 heavy (non-hydrogen) atoms. The average Bonchev–Trinajstić information content (AvgIpc) is 3.17. The van der Waals surface area contributed by atoms with Crippen LogP contribution in [0.5, 0.6) is 11.5 Å². The molecule has 0 bridgehead atoms. The van der Waals surface area contributed by atoms with E-state index in [2.05, 4.69) is 5.32 Å². The number of hydrogen-bond acceptors (Lipinski definition) is 9. The second-order valence-corrected chi connectivity index (χ2v) is 11.9. The number of esters is 1. The molecule has 11 nitrogen and oxygen atoms in total. The number of rotatable bonds is 14. The van der Waals surface area contributed by atoms with Crippen LogP contribution in [-0.2, 0) is 30.6 Å². The summed E-state index contributed by atoms with van der Waals surface area (Å²) < 4.78 is 40.9. The first-order chi connectivity index (χ1) is 19.4. The Hall–Kier alpha value is -3.93. The number of imide groups is 1. The Morgan fingerprint density at radius 1 is 1.00 bits per heavy atom. The van der Waals surface area contributed by atoms with Crippen LogP contribution in [0.4, 0.5) is 5.69 Å². The molecule has 2 aromatic rings. The van der Waals surface area contributed by atoms with E-state index in [9.17, 15) is 27.6 Å². The summed E-state index contributed by atoms with van der Waals surface area (Å²) >= 11 is 0. The van der Waals surface area contributed by atoms with Gasteiger partial charge in [0.25, 0.3) is 17.7 Å². The number of methoxy groups -OCH3 is 1. The number of nitrogens with one attached hydrogen (secondary N) is 1. The lowest BCUT2D eigenvalue weighted by atomic mass is 9.96. The molecule has 0 aliphatic carbocycles. The van der Waals surface area contributed by atoms with Crippen LogP contribution in [0.15, 0.2) is 30.3 Å². The van der Waals surface area contributed by atoms with Crippen molar-refractivity contribution in [2.24, 2.45) is 0 Å². The lowest BCUT2D eigenvalue weighted by molar-refractivity contribution is -0.144. The first kappa shape index (κ1) is 31.6. The maximum absolute atomic E-state index is 14.0. The van der Waals surface area contributed by atoms with Crippen LogP contribution in [0.1, 0.15) is 77.9 Å². The summed E-state index contributed by atoms with van der Waals surface area (Å²) in [7, 11) is -2.23. The van der Waals surface area contributed by atoms with Gasteiger partial charge in [-0.1, -0.05) is 31.9 Å². The monoisotopic (exact) mass is 588 g/mol. The molecule has 1 N–H and O–H groups in total. The summed E-state index contributed by atoms with van der Waals surface area (Å²) in [5.41, 5.74) is 1.14. The van der Waals surface area contributed by atoms with E-state index in [4.69, 9.17) is 14.2 Å².